The Bertz CT molecular complexity index is 1010. The molecule has 2 bridgehead atoms. The number of hydrogen-bond donors (Lipinski definition) is 0. The maximum absolute atomic E-state index is 13.2. The summed E-state index contributed by atoms with van der Waals surface area (Å²) in [5.41, 5.74) is 2.94. The van der Waals surface area contributed by atoms with Gasteiger partial charge in [-0.05, 0) is 91.5 Å². The lowest BCUT2D eigenvalue weighted by atomic mass is 9.63. The smallest absolute Gasteiger partial charge is 0.238 e. The van der Waals surface area contributed by atoms with Gasteiger partial charge in [0.15, 0.2) is 0 Å². The highest BCUT2D eigenvalue weighted by atomic mass is 16.5. The van der Waals surface area contributed by atoms with Crippen LogP contribution >= 0.6 is 0 Å². The number of imide groups is 1. The predicted molar refractivity (Wildman–Crippen MR) is 110 cm³/mol. The molecule has 1 heterocycles. The lowest BCUT2D eigenvalue weighted by molar-refractivity contribution is -0.124. The normalized spacial score (nSPS) is 33.7. The summed E-state index contributed by atoms with van der Waals surface area (Å²) in [6.45, 7) is 4.08. The van der Waals surface area contributed by atoms with Gasteiger partial charge in [0.05, 0.1) is 17.5 Å². The van der Waals surface area contributed by atoms with Crippen molar-refractivity contribution in [2.75, 3.05) is 4.90 Å². The average Bonchev–Trinajstić information content (AvgIpc) is 3.46. The quantitative estimate of drug-likeness (QED) is 0.571. The van der Waals surface area contributed by atoms with Crippen molar-refractivity contribution in [3.8, 4) is 11.5 Å². The second kappa shape index (κ2) is 5.82. The first-order valence-electron chi connectivity index (χ1n) is 10.4. The van der Waals surface area contributed by atoms with Crippen LogP contribution in [-0.4, -0.2) is 11.8 Å². The van der Waals surface area contributed by atoms with Gasteiger partial charge in [0, 0.05) is 0 Å². The van der Waals surface area contributed by atoms with E-state index in [9.17, 15) is 9.59 Å². The predicted octanol–water partition coefficient (Wildman–Crippen LogP) is 4.65. The number of anilines is 1. The lowest BCUT2D eigenvalue weighted by Gasteiger charge is -2.37. The zero-order valence-electron chi connectivity index (χ0n) is 16.5. The number of benzene rings is 2. The van der Waals surface area contributed by atoms with Gasteiger partial charge in [-0.3, -0.25) is 14.5 Å². The van der Waals surface area contributed by atoms with Gasteiger partial charge >= 0.3 is 0 Å². The van der Waals surface area contributed by atoms with E-state index in [1.807, 2.05) is 50.2 Å². The molecule has 1 aliphatic heterocycles. The molecule has 0 spiro atoms. The molecule has 4 nitrogen and oxygen atoms in total. The molecule has 0 radical (unpaired) electrons. The maximum atomic E-state index is 13.2. The molecule has 0 aromatic heterocycles. The number of allylic oxidation sites excluding steroid dienone is 2. The number of rotatable bonds is 3. The van der Waals surface area contributed by atoms with Crippen LogP contribution in [0.3, 0.4) is 0 Å². The van der Waals surface area contributed by atoms with Gasteiger partial charge in [-0.1, -0.05) is 18.2 Å². The number of ether oxygens (including phenoxy) is 1. The Morgan fingerprint density at radius 3 is 1.90 bits per heavy atom. The fraction of sp³-hybridized carbons (Fsp3) is 0.360. The molecule has 0 unspecified atom stereocenters. The SMILES string of the molecule is Cc1cc(C)cc(Oc2ccc(N3C(=O)[C@@H]4[C@@H]5C=C[C@H]([C@H]6C[C@@H]56)[C@@H]4C3=O)cc2)c1. The summed E-state index contributed by atoms with van der Waals surface area (Å²) in [6.07, 6.45) is 5.59. The monoisotopic (exact) mass is 385 g/mol. The summed E-state index contributed by atoms with van der Waals surface area (Å²) in [5.74, 6) is 2.87. The third-order valence-electron chi connectivity index (χ3n) is 7.19. The van der Waals surface area contributed by atoms with Crippen molar-refractivity contribution in [1.29, 1.82) is 0 Å². The number of hydrogen-bond acceptors (Lipinski definition) is 3. The molecule has 5 aliphatic rings. The zero-order chi connectivity index (χ0) is 19.9. The highest BCUT2D eigenvalue weighted by Gasteiger charge is 2.67. The van der Waals surface area contributed by atoms with Crippen molar-refractivity contribution in [3.05, 3.63) is 65.7 Å². The Hall–Kier alpha value is -2.88. The summed E-state index contributed by atoms with van der Waals surface area (Å²) in [4.78, 5) is 27.8. The molecule has 2 amide bonds. The molecule has 29 heavy (non-hydrogen) atoms. The molecule has 146 valence electrons. The number of aryl methyl sites for hydroxylation is 2. The van der Waals surface area contributed by atoms with E-state index >= 15 is 0 Å². The molecular weight excluding hydrogens is 362 g/mol. The van der Waals surface area contributed by atoms with E-state index in [-0.39, 0.29) is 35.5 Å². The van der Waals surface area contributed by atoms with Crippen LogP contribution in [0.15, 0.2) is 54.6 Å². The van der Waals surface area contributed by atoms with Crippen molar-refractivity contribution in [3.63, 3.8) is 0 Å². The molecule has 6 atom stereocenters. The van der Waals surface area contributed by atoms with Crippen LogP contribution in [0.5, 0.6) is 11.5 Å². The molecule has 3 fully saturated rings. The van der Waals surface area contributed by atoms with E-state index in [0.717, 1.165) is 16.9 Å². The fourth-order valence-electron chi connectivity index (χ4n) is 6.00. The average molecular weight is 385 g/mol. The van der Waals surface area contributed by atoms with Gasteiger partial charge in [-0.15, -0.1) is 0 Å². The first-order valence-corrected chi connectivity index (χ1v) is 10.4. The zero-order valence-corrected chi connectivity index (χ0v) is 16.5. The van der Waals surface area contributed by atoms with Crippen molar-refractivity contribution >= 4 is 17.5 Å². The van der Waals surface area contributed by atoms with Crippen molar-refractivity contribution in [1.82, 2.24) is 0 Å². The Morgan fingerprint density at radius 1 is 0.793 bits per heavy atom. The van der Waals surface area contributed by atoms with Crippen LogP contribution in [0, 0.1) is 49.4 Å². The standard InChI is InChI=1S/C25H23NO3/c1-13-9-14(2)11-17(10-13)29-16-5-3-15(4-6-16)26-24(27)22-18-7-8-19(21-12-20(18)21)23(22)25(26)28/h3-11,18-23H,12H2,1-2H3/t18-,19-,20-,21+,22+,23-/m1/s1. The van der Waals surface area contributed by atoms with E-state index in [2.05, 4.69) is 18.2 Å². The van der Waals surface area contributed by atoms with Gasteiger partial charge in [0.25, 0.3) is 0 Å². The number of carbonyl (C=O) groups excluding carboxylic acids is 2. The minimum Gasteiger partial charge on any atom is -0.457 e. The van der Waals surface area contributed by atoms with Crippen molar-refractivity contribution in [2.24, 2.45) is 35.5 Å². The van der Waals surface area contributed by atoms with E-state index in [0.29, 0.717) is 23.3 Å². The molecular formula is C25H23NO3. The number of amides is 2. The maximum Gasteiger partial charge on any atom is 0.238 e. The highest BCUT2D eigenvalue weighted by Crippen LogP contribution is 2.65. The molecule has 2 saturated carbocycles. The van der Waals surface area contributed by atoms with Gasteiger partial charge in [-0.25, -0.2) is 0 Å². The van der Waals surface area contributed by atoms with Crippen LogP contribution < -0.4 is 9.64 Å². The molecule has 2 aromatic rings. The summed E-state index contributed by atoms with van der Waals surface area (Å²) in [7, 11) is 0. The second-order valence-corrected chi connectivity index (χ2v) is 9.09. The lowest BCUT2D eigenvalue weighted by Crippen LogP contribution is -2.40. The molecule has 7 rings (SSSR count). The van der Waals surface area contributed by atoms with E-state index < -0.39 is 0 Å². The van der Waals surface area contributed by atoms with E-state index in [1.54, 1.807) is 0 Å². The second-order valence-electron chi connectivity index (χ2n) is 9.09. The number of nitrogens with zero attached hydrogens (tertiary/aromatic N) is 1. The van der Waals surface area contributed by atoms with Gasteiger partial charge in [-0.2, -0.15) is 0 Å². The van der Waals surface area contributed by atoms with Crippen molar-refractivity contribution in [2.45, 2.75) is 20.3 Å². The van der Waals surface area contributed by atoms with Gasteiger partial charge < -0.3 is 4.74 Å². The third-order valence-corrected chi connectivity index (χ3v) is 7.19. The number of carbonyl (C=O) groups is 2. The van der Waals surface area contributed by atoms with E-state index in [1.165, 1.54) is 11.3 Å². The molecule has 4 heteroatoms. The summed E-state index contributed by atoms with van der Waals surface area (Å²) < 4.78 is 5.97. The first-order chi connectivity index (χ1) is 14.0. The Kier molecular flexibility index (Phi) is 3.41. The van der Waals surface area contributed by atoms with Crippen LogP contribution in [0.1, 0.15) is 17.5 Å². The van der Waals surface area contributed by atoms with Gasteiger partial charge in [0.1, 0.15) is 11.5 Å². The topological polar surface area (TPSA) is 46.6 Å². The van der Waals surface area contributed by atoms with Crippen molar-refractivity contribution < 1.29 is 14.3 Å². The minimum absolute atomic E-state index is 0.0207. The summed E-state index contributed by atoms with van der Waals surface area (Å²) in [5, 5.41) is 0. The first kappa shape index (κ1) is 17.0. The third kappa shape index (κ3) is 2.44. The molecule has 2 aromatic carbocycles. The fourth-order valence-corrected chi connectivity index (χ4v) is 6.00. The Balaban J connectivity index is 1.26. The largest absolute Gasteiger partial charge is 0.457 e. The minimum atomic E-state index is -0.160. The van der Waals surface area contributed by atoms with Crippen LogP contribution in [0.2, 0.25) is 0 Å². The molecule has 0 N–H and O–H groups in total. The van der Waals surface area contributed by atoms with Crippen LogP contribution in [-0.2, 0) is 9.59 Å². The van der Waals surface area contributed by atoms with E-state index in [4.69, 9.17) is 4.74 Å². The molecule has 1 saturated heterocycles. The van der Waals surface area contributed by atoms with Crippen LogP contribution in [0.4, 0.5) is 5.69 Å². The summed E-state index contributed by atoms with van der Waals surface area (Å²) in [6, 6.07) is 13.4. The van der Waals surface area contributed by atoms with Gasteiger partial charge in [0.2, 0.25) is 11.8 Å². The molecule has 4 aliphatic carbocycles. The van der Waals surface area contributed by atoms with Crippen LogP contribution in [0.25, 0.3) is 0 Å². The highest BCUT2D eigenvalue weighted by molar-refractivity contribution is 6.22. The summed E-state index contributed by atoms with van der Waals surface area (Å²) >= 11 is 0. The Morgan fingerprint density at radius 2 is 1.34 bits per heavy atom. The Labute approximate surface area is 170 Å².